The third-order valence-electron chi connectivity index (χ3n) is 3.67. The Labute approximate surface area is 139 Å². The van der Waals surface area contributed by atoms with Gasteiger partial charge < -0.3 is 14.6 Å². The minimum Gasteiger partial charge on any atom is -0.381 e. The lowest BCUT2D eigenvalue weighted by molar-refractivity contribution is 0.0559. The van der Waals surface area contributed by atoms with Gasteiger partial charge in [-0.15, -0.1) is 0 Å². The van der Waals surface area contributed by atoms with Crippen LogP contribution in [0.4, 0.5) is 10.6 Å². The summed E-state index contributed by atoms with van der Waals surface area (Å²) in [5.74, 6) is 1.27. The van der Waals surface area contributed by atoms with Gasteiger partial charge in [-0.3, -0.25) is 5.32 Å². The molecule has 0 spiro atoms. The molecular weight excluding hydrogens is 318 g/mol. The fourth-order valence-corrected chi connectivity index (χ4v) is 2.67. The molecule has 1 aromatic heterocycles. The molecule has 1 fully saturated rings. The van der Waals surface area contributed by atoms with Gasteiger partial charge in [0.05, 0.1) is 6.61 Å². The summed E-state index contributed by atoms with van der Waals surface area (Å²) in [6.45, 7) is 2.10. The van der Waals surface area contributed by atoms with Crippen molar-refractivity contribution in [3.05, 3.63) is 35.4 Å². The summed E-state index contributed by atoms with van der Waals surface area (Å²) in [7, 11) is 0. The van der Waals surface area contributed by atoms with Gasteiger partial charge in [0.2, 0.25) is 0 Å². The molecule has 1 unspecified atom stereocenters. The Kier molecular flexibility index (Phi) is 5.15. The predicted octanol–water partition coefficient (Wildman–Crippen LogP) is 3.54. The first-order chi connectivity index (χ1) is 11.2. The zero-order chi connectivity index (χ0) is 16.1. The minimum absolute atomic E-state index is 0.304. The van der Waals surface area contributed by atoms with Gasteiger partial charge in [0.15, 0.2) is 11.6 Å². The highest BCUT2D eigenvalue weighted by molar-refractivity contribution is 6.30. The van der Waals surface area contributed by atoms with E-state index in [4.69, 9.17) is 20.9 Å². The second-order valence-electron chi connectivity index (χ2n) is 5.50. The Morgan fingerprint density at radius 2 is 2.30 bits per heavy atom. The number of carbonyl (C=O) groups is 1. The van der Waals surface area contributed by atoms with E-state index in [1.165, 1.54) is 0 Å². The number of halogens is 1. The van der Waals surface area contributed by atoms with E-state index in [-0.39, 0.29) is 6.03 Å². The maximum absolute atomic E-state index is 11.9. The number of hydrogen-bond acceptors (Lipinski definition) is 4. The lowest BCUT2D eigenvalue weighted by atomic mass is 10.0. The minimum atomic E-state index is -0.304. The number of rotatable bonds is 4. The van der Waals surface area contributed by atoms with Crippen molar-refractivity contribution in [1.29, 1.82) is 0 Å². The SMILES string of the molecule is O=C(NCC1CCCOC1)Nc1cc(-c2cccc(Cl)c2)on1. The van der Waals surface area contributed by atoms with Crippen LogP contribution in [0.25, 0.3) is 11.3 Å². The normalized spacial score (nSPS) is 17.7. The molecule has 0 bridgehead atoms. The molecule has 1 aliphatic rings. The number of ether oxygens (including phenoxy) is 1. The molecule has 23 heavy (non-hydrogen) atoms. The number of urea groups is 1. The number of hydrogen-bond donors (Lipinski definition) is 2. The number of anilines is 1. The van der Waals surface area contributed by atoms with E-state index in [9.17, 15) is 4.79 Å². The van der Waals surface area contributed by atoms with Gasteiger partial charge in [0.1, 0.15) is 0 Å². The monoisotopic (exact) mass is 335 g/mol. The van der Waals surface area contributed by atoms with Crippen LogP contribution in [-0.4, -0.2) is 30.9 Å². The molecule has 1 atom stereocenters. The molecular formula is C16H18ClN3O3. The molecule has 1 aliphatic heterocycles. The van der Waals surface area contributed by atoms with E-state index in [1.54, 1.807) is 18.2 Å². The highest BCUT2D eigenvalue weighted by Gasteiger charge is 2.15. The smallest absolute Gasteiger partial charge is 0.320 e. The summed E-state index contributed by atoms with van der Waals surface area (Å²) in [6, 6.07) is 8.60. The van der Waals surface area contributed by atoms with Crippen LogP contribution < -0.4 is 10.6 Å². The van der Waals surface area contributed by atoms with Gasteiger partial charge in [-0.2, -0.15) is 0 Å². The first-order valence-corrected chi connectivity index (χ1v) is 7.94. The Morgan fingerprint density at radius 3 is 3.09 bits per heavy atom. The molecule has 2 amide bonds. The van der Waals surface area contributed by atoms with Crippen molar-refractivity contribution >= 4 is 23.4 Å². The number of amides is 2. The summed E-state index contributed by atoms with van der Waals surface area (Å²) in [5.41, 5.74) is 0.804. The van der Waals surface area contributed by atoms with E-state index >= 15 is 0 Å². The lowest BCUT2D eigenvalue weighted by Crippen LogP contribution is -2.35. The number of nitrogens with one attached hydrogen (secondary N) is 2. The first-order valence-electron chi connectivity index (χ1n) is 7.56. The average Bonchev–Trinajstić information content (AvgIpc) is 3.02. The maximum atomic E-state index is 11.9. The van der Waals surface area contributed by atoms with Crippen LogP contribution in [0.3, 0.4) is 0 Å². The summed E-state index contributed by atoms with van der Waals surface area (Å²) >= 11 is 5.95. The fraction of sp³-hybridized carbons (Fsp3) is 0.375. The quantitative estimate of drug-likeness (QED) is 0.896. The molecule has 7 heteroatoms. The molecule has 1 aromatic carbocycles. The summed E-state index contributed by atoms with van der Waals surface area (Å²) < 4.78 is 10.6. The van der Waals surface area contributed by atoms with Gasteiger partial charge >= 0.3 is 6.03 Å². The second kappa shape index (κ2) is 7.48. The van der Waals surface area contributed by atoms with Crippen LogP contribution in [0.1, 0.15) is 12.8 Å². The van der Waals surface area contributed by atoms with E-state index < -0.39 is 0 Å². The topological polar surface area (TPSA) is 76.4 Å². The van der Waals surface area contributed by atoms with E-state index in [0.717, 1.165) is 25.0 Å². The van der Waals surface area contributed by atoms with Crippen LogP contribution in [0, 0.1) is 5.92 Å². The van der Waals surface area contributed by atoms with Crippen molar-refractivity contribution in [3.8, 4) is 11.3 Å². The third kappa shape index (κ3) is 4.46. The predicted molar refractivity (Wildman–Crippen MR) is 87.5 cm³/mol. The molecule has 0 aliphatic carbocycles. The number of nitrogens with zero attached hydrogens (tertiary/aromatic N) is 1. The Balaban J connectivity index is 1.53. The van der Waals surface area contributed by atoms with Crippen LogP contribution in [0.2, 0.25) is 5.02 Å². The highest BCUT2D eigenvalue weighted by Crippen LogP contribution is 2.24. The Bertz CT molecular complexity index is 668. The Hall–Kier alpha value is -2.05. The summed E-state index contributed by atoms with van der Waals surface area (Å²) in [6.07, 6.45) is 2.11. The van der Waals surface area contributed by atoms with Gasteiger partial charge in [0.25, 0.3) is 0 Å². The lowest BCUT2D eigenvalue weighted by Gasteiger charge is -2.22. The number of carbonyl (C=O) groups excluding carboxylic acids is 1. The molecule has 2 aromatic rings. The van der Waals surface area contributed by atoms with Crippen molar-refractivity contribution in [2.75, 3.05) is 25.1 Å². The average molecular weight is 336 g/mol. The number of aromatic nitrogens is 1. The molecule has 6 nitrogen and oxygen atoms in total. The van der Waals surface area contributed by atoms with Crippen molar-refractivity contribution in [3.63, 3.8) is 0 Å². The fourth-order valence-electron chi connectivity index (χ4n) is 2.48. The Morgan fingerprint density at radius 1 is 1.39 bits per heavy atom. The molecule has 3 rings (SSSR count). The van der Waals surface area contributed by atoms with Gasteiger partial charge in [-0.1, -0.05) is 28.9 Å². The first kappa shape index (κ1) is 15.8. The van der Waals surface area contributed by atoms with E-state index in [2.05, 4.69) is 15.8 Å². The van der Waals surface area contributed by atoms with Gasteiger partial charge in [-0.05, 0) is 30.9 Å². The molecule has 0 radical (unpaired) electrons. The van der Waals surface area contributed by atoms with Crippen molar-refractivity contribution in [2.45, 2.75) is 12.8 Å². The number of benzene rings is 1. The summed E-state index contributed by atoms with van der Waals surface area (Å²) in [4.78, 5) is 11.9. The zero-order valence-corrected chi connectivity index (χ0v) is 13.3. The van der Waals surface area contributed by atoms with E-state index in [0.29, 0.717) is 35.7 Å². The van der Waals surface area contributed by atoms with Crippen LogP contribution >= 0.6 is 11.6 Å². The van der Waals surface area contributed by atoms with Crippen LogP contribution in [0.15, 0.2) is 34.9 Å². The van der Waals surface area contributed by atoms with Crippen molar-refractivity contribution in [1.82, 2.24) is 10.5 Å². The van der Waals surface area contributed by atoms with Gasteiger partial charge in [-0.25, -0.2) is 4.79 Å². The standard InChI is InChI=1S/C16H18ClN3O3/c17-13-5-1-4-12(7-13)14-8-15(20-23-14)19-16(21)18-9-11-3-2-6-22-10-11/h1,4-5,7-8,11H,2-3,6,9-10H2,(H2,18,19,20,21). The van der Waals surface area contributed by atoms with Gasteiger partial charge in [0, 0.05) is 29.8 Å². The van der Waals surface area contributed by atoms with Crippen molar-refractivity contribution < 1.29 is 14.1 Å². The molecule has 2 N–H and O–H groups in total. The van der Waals surface area contributed by atoms with Crippen molar-refractivity contribution in [2.24, 2.45) is 5.92 Å². The largest absolute Gasteiger partial charge is 0.381 e. The van der Waals surface area contributed by atoms with E-state index in [1.807, 2.05) is 12.1 Å². The second-order valence-corrected chi connectivity index (χ2v) is 5.94. The molecule has 2 heterocycles. The molecule has 0 saturated carbocycles. The third-order valence-corrected chi connectivity index (χ3v) is 3.90. The maximum Gasteiger partial charge on any atom is 0.320 e. The molecule has 122 valence electrons. The summed E-state index contributed by atoms with van der Waals surface area (Å²) in [5, 5.41) is 9.94. The highest BCUT2D eigenvalue weighted by atomic mass is 35.5. The zero-order valence-electron chi connectivity index (χ0n) is 12.5. The molecule has 1 saturated heterocycles. The van der Waals surface area contributed by atoms with Crippen LogP contribution in [0.5, 0.6) is 0 Å². The van der Waals surface area contributed by atoms with Crippen LogP contribution in [-0.2, 0) is 4.74 Å².